The molecule has 0 saturated heterocycles. The van der Waals surface area contributed by atoms with Gasteiger partial charge in [0.25, 0.3) is 0 Å². The molecular weight excluding hydrogens is 308 g/mol. The van der Waals surface area contributed by atoms with Gasteiger partial charge in [-0.15, -0.1) is 0 Å². The van der Waals surface area contributed by atoms with Crippen LogP contribution in [0.5, 0.6) is 0 Å². The summed E-state index contributed by atoms with van der Waals surface area (Å²) in [5.41, 5.74) is 3.45. The van der Waals surface area contributed by atoms with E-state index in [1.165, 1.54) is 12.2 Å². The van der Waals surface area contributed by atoms with Gasteiger partial charge in [-0.1, -0.05) is 0 Å². The number of esters is 2. The van der Waals surface area contributed by atoms with Crippen LogP contribution < -0.4 is 10.6 Å². The molecule has 2 heterocycles. The minimum atomic E-state index is -0.320. The van der Waals surface area contributed by atoms with Crippen LogP contribution >= 0.6 is 0 Å². The van der Waals surface area contributed by atoms with Crippen LogP contribution in [0.1, 0.15) is 26.7 Å². The average molecular weight is 328 g/mol. The molecule has 0 fully saturated rings. The highest BCUT2D eigenvalue weighted by Gasteiger charge is 2.18. The summed E-state index contributed by atoms with van der Waals surface area (Å²) in [6, 6.07) is 7.66. The summed E-state index contributed by atoms with van der Waals surface area (Å²) in [5.74, 6) is -0.639. The molecule has 2 aliphatic heterocycles. The second kappa shape index (κ2) is 6.78. The third-order valence-corrected chi connectivity index (χ3v) is 3.73. The topological polar surface area (TPSA) is 76.7 Å². The van der Waals surface area contributed by atoms with Gasteiger partial charge in [0, 0.05) is 47.8 Å². The van der Waals surface area contributed by atoms with Gasteiger partial charge in [-0.2, -0.15) is 0 Å². The normalized spacial score (nSPS) is 23.6. The van der Waals surface area contributed by atoms with Crippen molar-refractivity contribution in [2.24, 2.45) is 0 Å². The Kier molecular flexibility index (Phi) is 4.55. The first-order chi connectivity index (χ1) is 11.5. The van der Waals surface area contributed by atoms with E-state index in [-0.39, 0.29) is 24.1 Å². The smallest absolute Gasteiger partial charge is 0.332 e. The van der Waals surface area contributed by atoms with Gasteiger partial charge in [-0.05, 0) is 38.1 Å². The van der Waals surface area contributed by atoms with Gasteiger partial charge < -0.3 is 20.1 Å². The summed E-state index contributed by atoms with van der Waals surface area (Å²) in [4.78, 5) is 22.8. The number of ether oxygens (including phenoxy) is 2. The lowest BCUT2D eigenvalue weighted by Gasteiger charge is -2.22. The first kappa shape index (κ1) is 16.1. The third kappa shape index (κ3) is 4.16. The van der Waals surface area contributed by atoms with Gasteiger partial charge in [-0.3, -0.25) is 0 Å². The van der Waals surface area contributed by atoms with E-state index in [9.17, 15) is 9.59 Å². The summed E-state index contributed by atoms with van der Waals surface area (Å²) < 4.78 is 10.1. The summed E-state index contributed by atoms with van der Waals surface area (Å²) in [7, 11) is 0. The Bertz CT molecular complexity index is 645. The molecule has 0 aliphatic carbocycles. The fourth-order valence-electron chi connectivity index (χ4n) is 2.75. The molecule has 1 aromatic rings. The van der Waals surface area contributed by atoms with Crippen LogP contribution in [0.25, 0.3) is 0 Å². The zero-order chi connectivity index (χ0) is 17.1. The Hall–Kier alpha value is -2.76. The number of rotatable bonds is 4. The van der Waals surface area contributed by atoms with E-state index in [2.05, 4.69) is 10.6 Å². The van der Waals surface area contributed by atoms with Gasteiger partial charge in [0.15, 0.2) is 0 Å². The monoisotopic (exact) mass is 328 g/mol. The Morgan fingerprint density at radius 3 is 1.50 bits per heavy atom. The molecule has 0 saturated carbocycles. The standard InChI is InChI=1S/C18H20N2O4/c1-11-7-15(9-17(21)23-11)19-13-3-5-14(6-4-13)20-16-8-12(2)24-18(22)10-16/h3-6,9-12,19-20H,7-8H2,1-2H3/t11-,12-/m0/s1. The van der Waals surface area contributed by atoms with Crippen molar-refractivity contribution < 1.29 is 19.1 Å². The first-order valence-electron chi connectivity index (χ1n) is 7.94. The lowest BCUT2D eigenvalue weighted by molar-refractivity contribution is -0.144. The SMILES string of the molecule is C[C@H]1CC(Nc2ccc(NC3=CC(=O)O[C@@H](C)C3)cc2)=CC(=O)O1. The number of nitrogens with one attached hydrogen (secondary N) is 2. The van der Waals surface area contributed by atoms with E-state index < -0.39 is 0 Å². The Morgan fingerprint density at radius 2 is 1.17 bits per heavy atom. The number of hydrogen-bond acceptors (Lipinski definition) is 6. The maximum absolute atomic E-state index is 11.4. The molecule has 0 aromatic heterocycles. The number of cyclic esters (lactones) is 2. The molecule has 0 bridgehead atoms. The van der Waals surface area contributed by atoms with Crippen LogP contribution in [-0.4, -0.2) is 24.1 Å². The lowest BCUT2D eigenvalue weighted by Crippen LogP contribution is -2.22. The van der Waals surface area contributed by atoms with Crippen molar-refractivity contribution in [3.63, 3.8) is 0 Å². The molecule has 6 nitrogen and oxygen atoms in total. The molecule has 2 aliphatic rings. The van der Waals surface area contributed by atoms with Crippen molar-refractivity contribution in [3.8, 4) is 0 Å². The number of carbonyl (C=O) groups is 2. The Morgan fingerprint density at radius 1 is 0.792 bits per heavy atom. The first-order valence-corrected chi connectivity index (χ1v) is 7.94. The summed E-state index contributed by atoms with van der Waals surface area (Å²) in [5, 5.41) is 6.46. The van der Waals surface area contributed by atoms with E-state index in [1.54, 1.807) is 0 Å². The number of carbonyl (C=O) groups excluding carboxylic acids is 2. The molecule has 0 amide bonds. The Balaban J connectivity index is 1.63. The Labute approximate surface area is 140 Å². The maximum atomic E-state index is 11.4. The summed E-state index contributed by atoms with van der Waals surface area (Å²) in [6.07, 6.45) is 4.05. The molecule has 0 unspecified atom stereocenters. The van der Waals surface area contributed by atoms with Crippen molar-refractivity contribution in [3.05, 3.63) is 47.8 Å². The fraction of sp³-hybridized carbons (Fsp3) is 0.333. The predicted octanol–water partition coefficient (Wildman–Crippen LogP) is 2.95. The largest absolute Gasteiger partial charge is 0.459 e. The van der Waals surface area contributed by atoms with E-state index >= 15 is 0 Å². The van der Waals surface area contributed by atoms with E-state index in [1.807, 2.05) is 38.1 Å². The van der Waals surface area contributed by atoms with Gasteiger partial charge in [0.05, 0.1) is 0 Å². The molecule has 3 rings (SSSR count). The van der Waals surface area contributed by atoms with Gasteiger partial charge >= 0.3 is 11.9 Å². The van der Waals surface area contributed by atoms with E-state index in [0.717, 1.165) is 22.8 Å². The maximum Gasteiger partial charge on any atom is 0.332 e. The second-order valence-corrected chi connectivity index (χ2v) is 6.07. The van der Waals surface area contributed by atoms with Crippen LogP contribution in [-0.2, 0) is 19.1 Å². The molecule has 0 radical (unpaired) electrons. The van der Waals surface area contributed by atoms with Crippen molar-refractivity contribution in [1.82, 2.24) is 0 Å². The number of hydrogen-bond donors (Lipinski definition) is 2. The van der Waals surface area contributed by atoms with E-state index in [4.69, 9.17) is 9.47 Å². The van der Waals surface area contributed by atoms with Gasteiger partial charge in [-0.25, -0.2) is 9.59 Å². The molecule has 24 heavy (non-hydrogen) atoms. The van der Waals surface area contributed by atoms with Crippen molar-refractivity contribution in [1.29, 1.82) is 0 Å². The molecular formula is C18H20N2O4. The molecule has 2 N–H and O–H groups in total. The average Bonchev–Trinajstić information content (AvgIpc) is 2.47. The van der Waals surface area contributed by atoms with Crippen LogP contribution in [0.15, 0.2) is 47.8 Å². The van der Waals surface area contributed by atoms with Crippen LogP contribution in [0.3, 0.4) is 0 Å². The highest BCUT2D eigenvalue weighted by atomic mass is 16.5. The highest BCUT2D eigenvalue weighted by molar-refractivity contribution is 5.85. The van der Waals surface area contributed by atoms with Crippen LogP contribution in [0, 0.1) is 0 Å². The highest BCUT2D eigenvalue weighted by Crippen LogP contribution is 2.22. The molecule has 6 heteroatoms. The van der Waals surface area contributed by atoms with Crippen molar-refractivity contribution >= 4 is 23.3 Å². The summed E-state index contributed by atoms with van der Waals surface area (Å²) >= 11 is 0. The fourth-order valence-corrected chi connectivity index (χ4v) is 2.75. The molecule has 0 spiro atoms. The number of benzene rings is 1. The number of anilines is 2. The quantitative estimate of drug-likeness (QED) is 0.828. The van der Waals surface area contributed by atoms with Gasteiger partial charge in [0.2, 0.25) is 0 Å². The lowest BCUT2D eigenvalue weighted by atomic mass is 10.1. The zero-order valence-corrected chi connectivity index (χ0v) is 13.7. The third-order valence-electron chi connectivity index (χ3n) is 3.73. The predicted molar refractivity (Wildman–Crippen MR) is 90.2 cm³/mol. The molecule has 1 aromatic carbocycles. The van der Waals surface area contributed by atoms with Crippen molar-refractivity contribution in [2.45, 2.75) is 38.9 Å². The summed E-state index contributed by atoms with van der Waals surface area (Å²) in [6.45, 7) is 3.73. The molecule has 126 valence electrons. The van der Waals surface area contributed by atoms with Gasteiger partial charge in [0.1, 0.15) is 12.2 Å². The second-order valence-electron chi connectivity index (χ2n) is 6.07. The molecule has 2 atom stereocenters. The minimum absolute atomic E-state index is 0.120. The minimum Gasteiger partial charge on any atom is -0.459 e. The van der Waals surface area contributed by atoms with Crippen LogP contribution in [0.2, 0.25) is 0 Å². The van der Waals surface area contributed by atoms with Crippen LogP contribution in [0.4, 0.5) is 11.4 Å². The van der Waals surface area contributed by atoms with Crippen molar-refractivity contribution in [2.75, 3.05) is 10.6 Å². The zero-order valence-electron chi connectivity index (χ0n) is 13.7. The van der Waals surface area contributed by atoms with E-state index in [0.29, 0.717) is 12.8 Å².